The Morgan fingerprint density at radius 3 is 2.92 bits per heavy atom. The molecule has 5 nitrogen and oxygen atoms in total. The fraction of sp³-hybridized carbons (Fsp3) is 0.0625. The summed E-state index contributed by atoms with van der Waals surface area (Å²) in [6.07, 6.45) is 0. The number of ether oxygens (including phenoxy) is 1. The van der Waals surface area contributed by atoms with Gasteiger partial charge < -0.3 is 10.1 Å². The number of hydrogen-bond acceptors (Lipinski definition) is 6. The second-order valence-electron chi connectivity index (χ2n) is 4.70. The molecule has 3 rings (SSSR count). The third-order valence-electron chi connectivity index (χ3n) is 3.29. The van der Waals surface area contributed by atoms with E-state index in [1.54, 1.807) is 23.6 Å². The summed E-state index contributed by atoms with van der Waals surface area (Å²) in [5.74, 6) is -0.995. The number of anilines is 2. The monoisotopic (exact) mass is 453 g/mol. The molecule has 2 aromatic heterocycles. The number of rotatable bonds is 3. The number of fused-ring (bicyclic) bond motifs is 1. The highest BCUT2D eigenvalue weighted by molar-refractivity contribution is 14.1. The summed E-state index contributed by atoms with van der Waals surface area (Å²) in [6, 6.07) is 8.34. The number of aromatic nitrogens is 1. The van der Waals surface area contributed by atoms with Crippen molar-refractivity contribution in [2.24, 2.45) is 0 Å². The Bertz CT molecular complexity index is 997. The van der Waals surface area contributed by atoms with Crippen molar-refractivity contribution in [3.63, 3.8) is 0 Å². The van der Waals surface area contributed by atoms with Crippen molar-refractivity contribution < 1.29 is 13.9 Å². The number of benzene rings is 1. The maximum atomic E-state index is 14.1. The first-order chi connectivity index (χ1) is 11.5. The molecule has 120 valence electrons. The van der Waals surface area contributed by atoms with Gasteiger partial charge in [0.25, 0.3) is 0 Å². The van der Waals surface area contributed by atoms with E-state index in [0.29, 0.717) is 10.1 Å². The van der Waals surface area contributed by atoms with Crippen LogP contribution in [0.5, 0.6) is 0 Å². The van der Waals surface area contributed by atoms with Crippen LogP contribution in [-0.2, 0) is 4.74 Å². The second-order valence-corrected chi connectivity index (χ2v) is 6.86. The summed E-state index contributed by atoms with van der Waals surface area (Å²) >= 11 is 3.29. The molecule has 1 N–H and O–H groups in total. The van der Waals surface area contributed by atoms with Gasteiger partial charge in [0.1, 0.15) is 23.3 Å². The second kappa shape index (κ2) is 6.70. The van der Waals surface area contributed by atoms with Crippen LogP contribution < -0.4 is 5.32 Å². The molecule has 1 aromatic carbocycles. The molecule has 0 atom stereocenters. The van der Waals surface area contributed by atoms with Crippen molar-refractivity contribution in [3.8, 4) is 6.07 Å². The Labute approximate surface area is 154 Å². The molecule has 2 heterocycles. The summed E-state index contributed by atoms with van der Waals surface area (Å²) in [5, 5.41) is 14.4. The Kier molecular flexibility index (Phi) is 4.64. The number of methoxy groups -OCH3 is 1. The lowest BCUT2D eigenvalue weighted by atomic mass is 10.1. The number of carbonyl (C=O) groups excluding carboxylic acids is 1. The summed E-state index contributed by atoms with van der Waals surface area (Å²) in [5.41, 5.74) is 0.500. The predicted octanol–water partition coefficient (Wildman–Crippen LogP) is 4.44. The molecular formula is C16H9FIN3O2S. The first-order valence-corrected chi connectivity index (χ1v) is 8.62. The van der Waals surface area contributed by atoms with E-state index in [9.17, 15) is 14.4 Å². The summed E-state index contributed by atoms with van der Waals surface area (Å²) in [6.45, 7) is 0. The third-order valence-corrected chi connectivity index (χ3v) is 4.89. The summed E-state index contributed by atoms with van der Waals surface area (Å²) in [4.78, 5) is 16.4. The highest BCUT2D eigenvalue weighted by Crippen LogP contribution is 2.33. The molecule has 0 saturated carbocycles. The van der Waals surface area contributed by atoms with Gasteiger partial charge in [-0.1, -0.05) is 0 Å². The highest BCUT2D eigenvalue weighted by atomic mass is 127. The standard InChI is InChI=1S/C16H9FIN3O2S/c1-23-16(22)13-14-9(4-5-24-14)12(7-19)21-15(13)20-11-3-2-8(18)6-10(11)17/h2-6H,1H3,(H,20,21). The van der Waals surface area contributed by atoms with Crippen molar-refractivity contribution in [3.05, 3.63) is 50.3 Å². The van der Waals surface area contributed by atoms with Crippen LogP contribution in [-0.4, -0.2) is 18.1 Å². The quantitative estimate of drug-likeness (QED) is 0.469. The van der Waals surface area contributed by atoms with Crippen LogP contribution in [0.15, 0.2) is 29.6 Å². The molecule has 0 saturated heterocycles. The number of nitrogens with zero attached hydrogens (tertiary/aromatic N) is 2. The first-order valence-electron chi connectivity index (χ1n) is 6.67. The molecule has 0 aliphatic carbocycles. The van der Waals surface area contributed by atoms with Gasteiger partial charge in [-0.3, -0.25) is 0 Å². The van der Waals surface area contributed by atoms with E-state index in [4.69, 9.17) is 4.74 Å². The van der Waals surface area contributed by atoms with Crippen LogP contribution >= 0.6 is 33.9 Å². The summed E-state index contributed by atoms with van der Waals surface area (Å²) < 4.78 is 20.2. The molecule has 24 heavy (non-hydrogen) atoms. The number of thiophene rings is 1. The lowest BCUT2D eigenvalue weighted by molar-refractivity contribution is 0.0604. The van der Waals surface area contributed by atoms with E-state index >= 15 is 0 Å². The average Bonchev–Trinajstić information content (AvgIpc) is 3.05. The molecule has 0 fully saturated rings. The topological polar surface area (TPSA) is 75.0 Å². The number of esters is 1. The minimum atomic E-state index is -0.604. The molecule has 0 unspecified atom stereocenters. The summed E-state index contributed by atoms with van der Waals surface area (Å²) in [7, 11) is 1.26. The zero-order valence-corrected chi connectivity index (χ0v) is 15.2. The smallest absolute Gasteiger partial charge is 0.343 e. The van der Waals surface area contributed by atoms with E-state index in [2.05, 4.69) is 10.3 Å². The van der Waals surface area contributed by atoms with Crippen LogP contribution in [0.1, 0.15) is 16.1 Å². The molecule has 0 amide bonds. The molecule has 8 heteroatoms. The van der Waals surface area contributed by atoms with Gasteiger partial charge in [0, 0.05) is 8.96 Å². The van der Waals surface area contributed by atoms with Crippen molar-refractivity contribution >= 4 is 61.5 Å². The van der Waals surface area contributed by atoms with Gasteiger partial charge in [-0.25, -0.2) is 14.2 Å². The van der Waals surface area contributed by atoms with Crippen molar-refractivity contribution in [2.45, 2.75) is 0 Å². The minimum Gasteiger partial charge on any atom is -0.465 e. The van der Waals surface area contributed by atoms with Gasteiger partial charge in [0.2, 0.25) is 0 Å². The maximum Gasteiger partial charge on any atom is 0.343 e. The van der Waals surface area contributed by atoms with Gasteiger partial charge in [0.15, 0.2) is 5.69 Å². The lowest BCUT2D eigenvalue weighted by Crippen LogP contribution is -2.09. The normalized spacial score (nSPS) is 10.4. The molecule has 0 bridgehead atoms. The fourth-order valence-corrected chi connectivity index (χ4v) is 3.59. The third kappa shape index (κ3) is 2.92. The van der Waals surface area contributed by atoms with Crippen molar-refractivity contribution in [2.75, 3.05) is 12.4 Å². The molecule has 0 radical (unpaired) electrons. The van der Waals surface area contributed by atoms with Gasteiger partial charge >= 0.3 is 5.97 Å². The van der Waals surface area contributed by atoms with Crippen LogP contribution in [0.3, 0.4) is 0 Å². The van der Waals surface area contributed by atoms with E-state index in [1.165, 1.54) is 24.5 Å². The number of nitrogens with one attached hydrogen (secondary N) is 1. The zero-order chi connectivity index (χ0) is 17.3. The van der Waals surface area contributed by atoms with E-state index in [-0.39, 0.29) is 22.8 Å². The van der Waals surface area contributed by atoms with E-state index in [0.717, 1.165) is 3.57 Å². The Morgan fingerprint density at radius 1 is 1.46 bits per heavy atom. The van der Waals surface area contributed by atoms with Crippen LogP contribution in [0.2, 0.25) is 0 Å². The molecule has 0 spiro atoms. The van der Waals surface area contributed by atoms with Crippen molar-refractivity contribution in [1.29, 1.82) is 5.26 Å². The number of hydrogen-bond donors (Lipinski definition) is 1. The van der Waals surface area contributed by atoms with Gasteiger partial charge in [0.05, 0.1) is 17.5 Å². The molecular weight excluding hydrogens is 444 g/mol. The molecule has 3 aromatic rings. The van der Waals surface area contributed by atoms with E-state index < -0.39 is 11.8 Å². The van der Waals surface area contributed by atoms with Gasteiger partial charge in [-0.15, -0.1) is 11.3 Å². The largest absolute Gasteiger partial charge is 0.465 e. The Balaban J connectivity index is 2.22. The maximum absolute atomic E-state index is 14.1. The van der Waals surface area contributed by atoms with Gasteiger partial charge in [-0.05, 0) is 52.2 Å². The van der Waals surface area contributed by atoms with E-state index in [1.807, 2.05) is 28.7 Å². The zero-order valence-electron chi connectivity index (χ0n) is 12.3. The molecule has 0 aliphatic heterocycles. The lowest BCUT2D eigenvalue weighted by Gasteiger charge is -2.12. The SMILES string of the molecule is COC(=O)c1c(Nc2ccc(I)cc2F)nc(C#N)c2ccsc12. The average molecular weight is 453 g/mol. The van der Waals surface area contributed by atoms with Crippen LogP contribution in [0.25, 0.3) is 10.1 Å². The van der Waals surface area contributed by atoms with Crippen molar-refractivity contribution in [1.82, 2.24) is 4.98 Å². The highest BCUT2D eigenvalue weighted by Gasteiger charge is 2.22. The number of nitriles is 1. The number of halogens is 2. The van der Waals surface area contributed by atoms with Crippen LogP contribution in [0, 0.1) is 20.7 Å². The fourth-order valence-electron chi connectivity index (χ4n) is 2.21. The van der Waals surface area contributed by atoms with Gasteiger partial charge in [-0.2, -0.15) is 5.26 Å². The predicted molar refractivity (Wildman–Crippen MR) is 98.1 cm³/mol. The first kappa shape index (κ1) is 16.6. The van der Waals surface area contributed by atoms with Crippen LogP contribution in [0.4, 0.5) is 15.9 Å². The molecule has 0 aliphatic rings. The minimum absolute atomic E-state index is 0.0912. The Morgan fingerprint density at radius 2 is 2.25 bits per heavy atom. The number of pyridine rings is 1. The number of carbonyl (C=O) groups is 1. The Hall–Kier alpha value is -2.25.